The number of carbonyl (C=O) groups is 1. The summed E-state index contributed by atoms with van der Waals surface area (Å²) in [7, 11) is 0. The Hall–Kier alpha value is -1.55. The van der Waals surface area contributed by atoms with E-state index in [1.807, 2.05) is 0 Å². The zero-order chi connectivity index (χ0) is 9.97. The number of rotatable bonds is 2. The van der Waals surface area contributed by atoms with Crippen molar-refractivity contribution in [1.29, 1.82) is 0 Å². The summed E-state index contributed by atoms with van der Waals surface area (Å²) in [5.41, 5.74) is 0.360. The number of carbonyl (C=O) groups excluding carboxylic acids is 1. The van der Waals surface area contributed by atoms with Crippen LogP contribution in [-0.2, 0) is 0 Å². The van der Waals surface area contributed by atoms with Crippen LogP contribution in [0.4, 0.5) is 4.39 Å². The van der Waals surface area contributed by atoms with Gasteiger partial charge in [0.15, 0.2) is 5.82 Å². The van der Waals surface area contributed by atoms with Gasteiger partial charge in [-0.05, 0) is 23.6 Å². The van der Waals surface area contributed by atoms with Crippen molar-refractivity contribution in [3.63, 3.8) is 0 Å². The zero-order valence-electron chi connectivity index (χ0n) is 7.11. The molecule has 2 heterocycles. The number of thiophene rings is 1. The first-order valence-corrected chi connectivity index (χ1v) is 4.91. The molecule has 0 aromatic carbocycles. The summed E-state index contributed by atoms with van der Waals surface area (Å²) in [6, 6.07) is 4.34. The molecule has 0 aliphatic rings. The van der Waals surface area contributed by atoms with Crippen LogP contribution in [0.2, 0.25) is 0 Å². The van der Waals surface area contributed by atoms with Crippen LogP contribution in [0, 0.1) is 5.82 Å². The summed E-state index contributed by atoms with van der Waals surface area (Å²) in [5.74, 6) is -0.951. The zero-order valence-corrected chi connectivity index (χ0v) is 7.92. The molecule has 0 N–H and O–H groups in total. The molecule has 2 aromatic rings. The fourth-order valence-corrected chi connectivity index (χ4v) is 1.72. The molecule has 0 amide bonds. The molecular formula is C10H6FNOS. The molecule has 0 radical (unpaired) electrons. The van der Waals surface area contributed by atoms with Gasteiger partial charge in [-0.3, -0.25) is 4.79 Å². The van der Waals surface area contributed by atoms with Gasteiger partial charge in [-0.25, -0.2) is 9.37 Å². The SMILES string of the molecule is O=C(c1ccsc1)c1ncccc1F. The van der Waals surface area contributed by atoms with Gasteiger partial charge in [-0.15, -0.1) is 0 Å². The topological polar surface area (TPSA) is 30.0 Å². The molecule has 0 aliphatic carbocycles. The highest BCUT2D eigenvalue weighted by Crippen LogP contribution is 2.13. The average molecular weight is 207 g/mol. The Morgan fingerprint density at radius 3 is 2.93 bits per heavy atom. The maximum Gasteiger partial charge on any atom is 0.215 e. The Morgan fingerprint density at radius 2 is 2.29 bits per heavy atom. The maximum atomic E-state index is 13.2. The van der Waals surface area contributed by atoms with Gasteiger partial charge in [0.25, 0.3) is 0 Å². The number of hydrogen-bond acceptors (Lipinski definition) is 3. The highest BCUT2D eigenvalue weighted by atomic mass is 32.1. The standard InChI is InChI=1S/C10H6FNOS/c11-8-2-1-4-12-9(8)10(13)7-3-5-14-6-7/h1-6H. The van der Waals surface area contributed by atoms with Crippen molar-refractivity contribution < 1.29 is 9.18 Å². The molecule has 0 saturated carbocycles. The Morgan fingerprint density at radius 1 is 1.43 bits per heavy atom. The predicted octanol–water partition coefficient (Wildman–Crippen LogP) is 2.51. The van der Waals surface area contributed by atoms with Crippen LogP contribution < -0.4 is 0 Å². The van der Waals surface area contributed by atoms with E-state index in [-0.39, 0.29) is 11.5 Å². The fourth-order valence-electron chi connectivity index (χ4n) is 1.08. The lowest BCUT2D eigenvalue weighted by molar-refractivity contribution is 0.103. The van der Waals surface area contributed by atoms with Crippen molar-refractivity contribution in [2.45, 2.75) is 0 Å². The smallest absolute Gasteiger partial charge is 0.215 e. The first-order chi connectivity index (χ1) is 6.79. The Bertz CT molecular complexity index is 453. The van der Waals surface area contributed by atoms with Crippen LogP contribution in [-0.4, -0.2) is 10.8 Å². The van der Waals surface area contributed by atoms with Crippen LogP contribution in [0.5, 0.6) is 0 Å². The van der Waals surface area contributed by atoms with Crippen LogP contribution in [0.1, 0.15) is 16.1 Å². The molecule has 4 heteroatoms. The molecule has 0 aliphatic heterocycles. The third-order valence-corrected chi connectivity index (χ3v) is 2.44. The van der Waals surface area contributed by atoms with E-state index >= 15 is 0 Å². The van der Waals surface area contributed by atoms with Crippen molar-refractivity contribution >= 4 is 17.1 Å². The number of hydrogen-bond donors (Lipinski definition) is 0. The minimum absolute atomic E-state index is 0.120. The molecule has 70 valence electrons. The van der Waals surface area contributed by atoms with E-state index in [9.17, 15) is 9.18 Å². The molecule has 14 heavy (non-hydrogen) atoms. The fraction of sp³-hybridized carbons (Fsp3) is 0. The number of aromatic nitrogens is 1. The molecule has 0 unspecified atom stereocenters. The summed E-state index contributed by atoms with van der Waals surface area (Å²) in [6.45, 7) is 0. The summed E-state index contributed by atoms with van der Waals surface area (Å²) >= 11 is 1.40. The molecule has 2 aromatic heterocycles. The molecule has 0 saturated heterocycles. The quantitative estimate of drug-likeness (QED) is 0.708. The van der Waals surface area contributed by atoms with Crippen LogP contribution in [0.15, 0.2) is 35.2 Å². The van der Waals surface area contributed by atoms with Crippen molar-refractivity contribution in [3.05, 3.63) is 52.2 Å². The minimum atomic E-state index is -0.580. The number of halogens is 1. The van der Waals surface area contributed by atoms with E-state index in [2.05, 4.69) is 4.98 Å². The van der Waals surface area contributed by atoms with Gasteiger partial charge in [-0.1, -0.05) is 0 Å². The van der Waals surface area contributed by atoms with Gasteiger partial charge < -0.3 is 0 Å². The van der Waals surface area contributed by atoms with Gasteiger partial charge in [-0.2, -0.15) is 11.3 Å². The van der Waals surface area contributed by atoms with Gasteiger partial charge in [0, 0.05) is 17.1 Å². The normalized spacial score (nSPS) is 10.1. The Balaban J connectivity index is 2.42. The van der Waals surface area contributed by atoms with Crippen molar-refractivity contribution in [2.75, 3.05) is 0 Å². The van der Waals surface area contributed by atoms with E-state index in [1.54, 1.807) is 16.8 Å². The highest BCUT2D eigenvalue weighted by Gasteiger charge is 2.14. The lowest BCUT2D eigenvalue weighted by atomic mass is 10.1. The lowest BCUT2D eigenvalue weighted by Gasteiger charge is -1.97. The third kappa shape index (κ3) is 1.56. The molecule has 2 nitrogen and oxygen atoms in total. The first-order valence-electron chi connectivity index (χ1n) is 3.96. The van der Waals surface area contributed by atoms with E-state index in [0.717, 1.165) is 0 Å². The summed E-state index contributed by atoms with van der Waals surface area (Å²) < 4.78 is 13.2. The maximum absolute atomic E-state index is 13.2. The highest BCUT2D eigenvalue weighted by molar-refractivity contribution is 7.08. The van der Waals surface area contributed by atoms with Crippen LogP contribution >= 0.6 is 11.3 Å². The van der Waals surface area contributed by atoms with E-state index in [4.69, 9.17) is 0 Å². The van der Waals surface area contributed by atoms with Gasteiger partial charge in [0.05, 0.1) is 0 Å². The second-order valence-corrected chi connectivity index (χ2v) is 3.46. The van der Waals surface area contributed by atoms with Crippen LogP contribution in [0.25, 0.3) is 0 Å². The summed E-state index contributed by atoms with van der Waals surface area (Å²) in [6.07, 6.45) is 1.41. The predicted molar refractivity (Wildman–Crippen MR) is 51.9 cm³/mol. The summed E-state index contributed by atoms with van der Waals surface area (Å²) in [5, 5.41) is 3.45. The number of nitrogens with zero attached hydrogens (tertiary/aromatic N) is 1. The van der Waals surface area contributed by atoms with E-state index in [0.29, 0.717) is 5.56 Å². The molecule has 0 atom stereocenters. The number of ketones is 1. The van der Waals surface area contributed by atoms with Gasteiger partial charge >= 0.3 is 0 Å². The summed E-state index contributed by atoms with van der Waals surface area (Å²) in [4.78, 5) is 15.3. The molecule has 0 bridgehead atoms. The van der Waals surface area contributed by atoms with Gasteiger partial charge in [0.1, 0.15) is 5.69 Å². The second kappa shape index (κ2) is 3.67. The van der Waals surface area contributed by atoms with E-state index in [1.165, 1.54) is 29.7 Å². The molecule has 0 fully saturated rings. The first kappa shape index (κ1) is 9.02. The van der Waals surface area contributed by atoms with Crippen molar-refractivity contribution in [3.8, 4) is 0 Å². The average Bonchev–Trinajstić information content (AvgIpc) is 2.70. The largest absolute Gasteiger partial charge is 0.287 e. The van der Waals surface area contributed by atoms with Crippen molar-refractivity contribution in [1.82, 2.24) is 4.98 Å². The Labute approximate surface area is 84.0 Å². The second-order valence-electron chi connectivity index (χ2n) is 2.67. The Kier molecular flexibility index (Phi) is 2.37. The molecule has 0 spiro atoms. The lowest BCUT2D eigenvalue weighted by Crippen LogP contribution is -2.05. The third-order valence-electron chi connectivity index (χ3n) is 1.76. The monoisotopic (exact) mass is 207 g/mol. The van der Waals surface area contributed by atoms with E-state index < -0.39 is 5.82 Å². The minimum Gasteiger partial charge on any atom is -0.287 e. The van der Waals surface area contributed by atoms with Gasteiger partial charge in [0.2, 0.25) is 5.78 Å². The number of pyridine rings is 1. The molecule has 2 rings (SSSR count). The van der Waals surface area contributed by atoms with Crippen molar-refractivity contribution in [2.24, 2.45) is 0 Å². The van der Waals surface area contributed by atoms with Crippen LogP contribution in [0.3, 0.4) is 0 Å². The molecular weight excluding hydrogens is 201 g/mol.